The van der Waals surface area contributed by atoms with E-state index in [1.165, 1.54) is 49.9 Å². The van der Waals surface area contributed by atoms with Gasteiger partial charge in [0.15, 0.2) is 0 Å². The van der Waals surface area contributed by atoms with Crippen LogP contribution in [0.3, 0.4) is 0 Å². The van der Waals surface area contributed by atoms with E-state index in [0.29, 0.717) is 0 Å². The number of halogens is 1. The van der Waals surface area contributed by atoms with E-state index in [-0.39, 0.29) is 17.0 Å². The van der Waals surface area contributed by atoms with Crippen LogP contribution in [-0.2, 0) is 0 Å². The molecule has 0 aromatic carbocycles. The van der Waals surface area contributed by atoms with Crippen LogP contribution in [0.1, 0.15) is 53.9 Å². The second-order valence-electron chi connectivity index (χ2n) is 5.09. The molecule has 0 heterocycles. The summed E-state index contributed by atoms with van der Waals surface area (Å²) < 4.78 is 1.36. The Hall–Kier alpha value is 0.440. The van der Waals surface area contributed by atoms with E-state index in [9.17, 15) is 0 Å². The Morgan fingerprint density at radius 2 is 1.13 bits per heavy atom. The summed E-state index contributed by atoms with van der Waals surface area (Å²) in [7, 11) is 0. The Morgan fingerprint density at radius 3 is 1.33 bits per heavy atom. The van der Waals surface area contributed by atoms with Crippen molar-refractivity contribution in [2.45, 2.75) is 53.9 Å². The van der Waals surface area contributed by atoms with Gasteiger partial charge in [-0.3, -0.25) is 0 Å². The molecule has 0 fully saturated rings. The highest BCUT2D eigenvalue weighted by atomic mass is 79.9. The van der Waals surface area contributed by atoms with Crippen LogP contribution in [0, 0.1) is 5.92 Å². The SMILES string of the molecule is CCC[N+](CCC)(CCC)CC(C)C.[Br-]. The lowest BCUT2D eigenvalue weighted by molar-refractivity contribution is -0.931. The van der Waals surface area contributed by atoms with Crippen molar-refractivity contribution in [1.29, 1.82) is 0 Å². The standard InChI is InChI=1S/C13H30N.BrH/c1-6-9-14(10-7-2,11-8-3)12-13(4)5;/h13H,6-12H2,1-5H3;1H/q+1;/p-1. The van der Waals surface area contributed by atoms with Gasteiger partial charge >= 0.3 is 0 Å². The molecule has 15 heavy (non-hydrogen) atoms. The summed E-state index contributed by atoms with van der Waals surface area (Å²) in [5.74, 6) is 0.833. The van der Waals surface area contributed by atoms with E-state index in [1.807, 2.05) is 0 Å². The van der Waals surface area contributed by atoms with Crippen molar-refractivity contribution in [2.75, 3.05) is 26.2 Å². The predicted molar refractivity (Wildman–Crippen MR) is 65.4 cm³/mol. The van der Waals surface area contributed by atoms with Crippen LogP contribution in [-0.4, -0.2) is 30.7 Å². The fraction of sp³-hybridized carbons (Fsp3) is 1.00. The van der Waals surface area contributed by atoms with Gasteiger partial charge in [-0.15, -0.1) is 0 Å². The summed E-state index contributed by atoms with van der Waals surface area (Å²) in [5, 5.41) is 0. The first-order valence-electron chi connectivity index (χ1n) is 6.45. The third kappa shape index (κ3) is 7.35. The van der Waals surface area contributed by atoms with Gasteiger partial charge in [0.25, 0.3) is 0 Å². The molecule has 2 heteroatoms. The number of rotatable bonds is 8. The molecule has 0 rings (SSSR count). The molecule has 0 unspecified atom stereocenters. The van der Waals surface area contributed by atoms with Crippen LogP contribution >= 0.6 is 0 Å². The highest BCUT2D eigenvalue weighted by Crippen LogP contribution is 2.15. The highest BCUT2D eigenvalue weighted by Gasteiger charge is 2.25. The topological polar surface area (TPSA) is 0 Å². The second-order valence-corrected chi connectivity index (χ2v) is 5.09. The van der Waals surface area contributed by atoms with Crippen molar-refractivity contribution < 1.29 is 21.5 Å². The molecule has 1 nitrogen and oxygen atoms in total. The number of hydrogen-bond donors (Lipinski definition) is 0. The summed E-state index contributed by atoms with van der Waals surface area (Å²) in [6.07, 6.45) is 3.98. The van der Waals surface area contributed by atoms with Gasteiger partial charge in [-0.1, -0.05) is 34.6 Å². The van der Waals surface area contributed by atoms with Crippen LogP contribution in [0.15, 0.2) is 0 Å². The molecular formula is C13H30BrN. The maximum absolute atomic E-state index is 2.36. The van der Waals surface area contributed by atoms with Gasteiger partial charge in [-0.2, -0.15) is 0 Å². The van der Waals surface area contributed by atoms with E-state index in [0.717, 1.165) is 5.92 Å². The average molecular weight is 280 g/mol. The number of nitrogens with zero attached hydrogens (tertiary/aromatic N) is 1. The Kier molecular flexibility index (Phi) is 11.5. The molecule has 0 amide bonds. The molecule has 0 radical (unpaired) electrons. The van der Waals surface area contributed by atoms with Crippen LogP contribution in [0.25, 0.3) is 0 Å². The minimum Gasteiger partial charge on any atom is -1.00 e. The quantitative estimate of drug-likeness (QED) is 0.574. The van der Waals surface area contributed by atoms with Gasteiger partial charge < -0.3 is 21.5 Å². The zero-order valence-corrected chi connectivity index (χ0v) is 12.9. The predicted octanol–water partition coefficient (Wildman–Crippen LogP) is 0.693. The van der Waals surface area contributed by atoms with Crippen LogP contribution in [0.4, 0.5) is 0 Å². The smallest absolute Gasteiger partial charge is 0.0809 e. The van der Waals surface area contributed by atoms with Gasteiger partial charge in [0.05, 0.1) is 26.2 Å². The van der Waals surface area contributed by atoms with Crippen molar-refractivity contribution in [2.24, 2.45) is 5.92 Å². The molecule has 94 valence electrons. The highest BCUT2D eigenvalue weighted by molar-refractivity contribution is 4.48. The Labute approximate surface area is 108 Å². The lowest BCUT2D eigenvalue weighted by Gasteiger charge is -2.40. The molecule has 0 saturated carbocycles. The van der Waals surface area contributed by atoms with Crippen molar-refractivity contribution in [1.82, 2.24) is 0 Å². The van der Waals surface area contributed by atoms with Crippen LogP contribution in [0.5, 0.6) is 0 Å². The van der Waals surface area contributed by atoms with E-state index >= 15 is 0 Å². The summed E-state index contributed by atoms with van der Waals surface area (Å²) in [4.78, 5) is 0. The van der Waals surface area contributed by atoms with Gasteiger partial charge in [0, 0.05) is 5.92 Å². The summed E-state index contributed by atoms with van der Waals surface area (Å²) in [6, 6.07) is 0. The van der Waals surface area contributed by atoms with Gasteiger partial charge in [-0.05, 0) is 19.3 Å². The van der Waals surface area contributed by atoms with Gasteiger partial charge in [0.1, 0.15) is 0 Å². The minimum atomic E-state index is 0. The molecule has 0 aliphatic heterocycles. The zero-order chi connectivity index (χ0) is 11.0. The lowest BCUT2D eigenvalue weighted by Crippen LogP contribution is -3.00. The van der Waals surface area contributed by atoms with Crippen LogP contribution < -0.4 is 17.0 Å². The van der Waals surface area contributed by atoms with Crippen molar-refractivity contribution in [3.05, 3.63) is 0 Å². The summed E-state index contributed by atoms with van der Waals surface area (Å²) in [6.45, 7) is 17.2. The van der Waals surface area contributed by atoms with E-state index in [4.69, 9.17) is 0 Å². The first kappa shape index (κ1) is 17.8. The Bertz CT molecular complexity index is 117. The van der Waals surface area contributed by atoms with Crippen molar-refractivity contribution >= 4 is 0 Å². The minimum absolute atomic E-state index is 0. The summed E-state index contributed by atoms with van der Waals surface area (Å²) >= 11 is 0. The Morgan fingerprint density at radius 1 is 0.800 bits per heavy atom. The first-order valence-corrected chi connectivity index (χ1v) is 6.45. The Balaban J connectivity index is 0. The molecule has 0 spiro atoms. The van der Waals surface area contributed by atoms with E-state index in [2.05, 4.69) is 34.6 Å². The van der Waals surface area contributed by atoms with Crippen molar-refractivity contribution in [3.63, 3.8) is 0 Å². The molecule has 0 saturated heterocycles. The lowest BCUT2D eigenvalue weighted by atomic mass is 10.1. The average Bonchev–Trinajstić information content (AvgIpc) is 2.03. The fourth-order valence-corrected chi connectivity index (χ4v) is 2.81. The molecule has 0 aliphatic carbocycles. The zero-order valence-electron chi connectivity index (χ0n) is 11.4. The first-order chi connectivity index (χ1) is 6.60. The number of quaternary nitrogens is 1. The van der Waals surface area contributed by atoms with E-state index in [1.54, 1.807) is 0 Å². The monoisotopic (exact) mass is 279 g/mol. The third-order valence-corrected chi connectivity index (χ3v) is 2.85. The fourth-order valence-electron chi connectivity index (χ4n) is 2.81. The second kappa shape index (κ2) is 9.65. The molecule has 0 aliphatic rings. The van der Waals surface area contributed by atoms with Crippen LogP contribution in [0.2, 0.25) is 0 Å². The van der Waals surface area contributed by atoms with E-state index < -0.39 is 0 Å². The van der Waals surface area contributed by atoms with Gasteiger partial charge in [-0.25, -0.2) is 0 Å². The van der Waals surface area contributed by atoms with Gasteiger partial charge in [0.2, 0.25) is 0 Å². The maximum atomic E-state index is 2.36. The molecule has 0 aromatic rings. The molecular weight excluding hydrogens is 250 g/mol. The molecule has 0 bridgehead atoms. The van der Waals surface area contributed by atoms with Crippen molar-refractivity contribution in [3.8, 4) is 0 Å². The molecule has 0 aromatic heterocycles. The summed E-state index contributed by atoms with van der Waals surface area (Å²) in [5.41, 5.74) is 0. The maximum Gasteiger partial charge on any atom is 0.0809 e. The molecule has 0 N–H and O–H groups in total. The largest absolute Gasteiger partial charge is 1.00 e. The molecule has 0 atom stereocenters. The normalized spacial score (nSPS) is 11.6. The number of hydrogen-bond acceptors (Lipinski definition) is 0. The third-order valence-electron chi connectivity index (χ3n) is 2.85.